The third-order valence-electron chi connectivity index (χ3n) is 4.28. The molecule has 0 aliphatic carbocycles. The van der Waals surface area contributed by atoms with Crippen molar-refractivity contribution in [1.29, 1.82) is 0 Å². The van der Waals surface area contributed by atoms with Crippen molar-refractivity contribution >= 4 is 11.6 Å². The molecular formula is C16H26ClNO2. The Balaban J connectivity index is 3.26. The van der Waals surface area contributed by atoms with E-state index in [1.165, 1.54) is 0 Å². The van der Waals surface area contributed by atoms with Gasteiger partial charge in [0.15, 0.2) is 0 Å². The van der Waals surface area contributed by atoms with E-state index in [0.29, 0.717) is 10.8 Å². The zero-order chi connectivity index (χ0) is 15.3. The lowest BCUT2D eigenvalue weighted by Crippen LogP contribution is -2.50. The summed E-state index contributed by atoms with van der Waals surface area (Å²) in [7, 11) is 1.61. The number of hydrogen-bond acceptors (Lipinski definition) is 3. The summed E-state index contributed by atoms with van der Waals surface area (Å²) in [5, 5.41) is 11.5. The van der Waals surface area contributed by atoms with Gasteiger partial charge in [-0.3, -0.25) is 4.90 Å². The van der Waals surface area contributed by atoms with Crippen LogP contribution in [0.3, 0.4) is 0 Å². The number of aliphatic hydroxyl groups is 1. The summed E-state index contributed by atoms with van der Waals surface area (Å²) in [5.41, 5.74) is 0.401. The lowest BCUT2D eigenvalue weighted by Gasteiger charge is -2.43. The Bertz CT molecular complexity index is 434. The number of likely N-dealkylation sites (N-methyl/N-ethyl adjacent to an activating group) is 1. The smallest absolute Gasteiger partial charge is 0.124 e. The monoisotopic (exact) mass is 299 g/mol. The molecule has 0 spiro atoms. The Kier molecular flexibility index (Phi) is 6.31. The minimum Gasteiger partial charge on any atom is -0.496 e. The minimum absolute atomic E-state index is 0.346. The van der Waals surface area contributed by atoms with Crippen molar-refractivity contribution in [2.75, 3.05) is 20.2 Å². The number of ether oxygens (including phenoxy) is 1. The summed E-state index contributed by atoms with van der Waals surface area (Å²) in [6.07, 6.45) is 0.187. The fourth-order valence-corrected chi connectivity index (χ4v) is 2.97. The Morgan fingerprint density at radius 3 is 2.35 bits per heavy atom. The molecule has 1 N–H and O–H groups in total. The highest BCUT2D eigenvalue weighted by Crippen LogP contribution is 2.39. The first kappa shape index (κ1) is 17.3. The molecule has 0 aromatic heterocycles. The van der Waals surface area contributed by atoms with E-state index in [-0.39, 0.29) is 5.54 Å². The maximum atomic E-state index is 10.9. The van der Waals surface area contributed by atoms with Crippen LogP contribution >= 0.6 is 11.6 Å². The van der Waals surface area contributed by atoms with Crippen LogP contribution in [0, 0.1) is 0 Å². The molecule has 0 aliphatic heterocycles. The Labute approximate surface area is 127 Å². The third kappa shape index (κ3) is 3.27. The summed E-state index contributed by atoms with van der Waals surface area (Å²) < 4.78 is 5.37. The van der Waals surface area contributed by atoms with Gasteiger partial charge in [-0.25, -0.2) is 0 Å². The van der Waals surface area contributed by atoms with E-state index >= 15 is 0 Å². The Hall–Kier alpha value is -0.770. The average molecular weight is 300 g/mol. The molecule has 2 unspecified atom stereocenters. The first-order valence-electron chi connectivity index (χ1n) is 7.21. The van der Waals surface area contributed by atoms with E-state index in [9.17, 15) is 5.11 Å². The van der Waals surface area contributed by atoms with Gasteiger partial charge in [0.1, 0.15) is 11.9 Å². The zero-order valence-electron chi connectivity index (χ0n) is 13.1. The first-order valence-corrected chi connectivity index (χ1v) is 7.58. The fraction of sp³-hybridized carbons (Fsp3) is 0.625. The highest BCUT2D eigenvalue weighted by Gasteiger charge is 2.38. The molecular weight excluding hydrogens is 274 g/mol. The van der Waals surface area contributed by atoms with Crippen LogP contribution in [-0.2, 0) is 0 Å². The second kappa shape index (κ2) is 7.30. The van der Waals surface area contributed by atoms with Gasteiger partial charge >= 0.3 is 0 Å². The normalized spacial score (nSPS) is 16.0. The number of aliphatic hydroxyl groups excluding tert-OH is 1. The molecule has 0 bridgehead atoms. The van der Waals surface area contributed by atoms with Gasteiger partial charge in [0.25, 0.3) is 0 Å². The van der Waals surface area contributed by atoms with Crippen molar-refractivity contribution in [1.82, 2.24) is 4.90 Å². The van der Waals surface area contributed by atoms with Gasteiger partial charge in [-0.2, -0.15) is 0 Å². The maximum absolute atomic E-state index is 10.9. The predicted molar refractivity (Wildman–Crippen MR) is 84.6 cm³/mol. The highest BCUT2D eigenvalue weighted by molar-refractivity contribution is 6.30. The molecule has 0 saturated heterocycles. The van der Waals surface area contributed by atoms with Gasteiger partial charge in [0.05, 0.1) is 7.11 Å². The minimum atomic E-state index is -0.652. The number of nitrogens with zero attached hydrogens (tertiary/aromatic N) is 1. The molecule has 0 amide bonds. The first-order chi connectivity index (χ1) is 9.44. The van der Waals surface area contributed by atoms with Gasteiger partial charge < -0.3 is 9.84 Å². The SMILES string of the molecule is CCN(CC)C(C)(CC)C(O)c1cc(Cl)ccc1OC. The second-order valence-corrected chi connectivity index (χ2v) is 5.61. The number of hydrogen-bond donors (Lipinski definition) is 1. The van der Waals surface area contributed by atoms with Crippen LogP contribution in [0.2, 0.25) is 5.02 Å². The van der Waals surface area contributed by atoms with Crippen LogP contribution < -0.4 is 4.74 Å². The molecule has 20 heavy (non-hydrogen) atoms. The number of benzene rings is 1. The highest BCUT2D eigenvalue weighted by atomic mass is 35.5. The molecule has 0 saturated carbocycles. The maximum Gasteiger partial charge on any atom is 0.124 e. The molecule has 1 aromatic rings. The van der Waals surface area contributed by atoms with Crippen LogP contribution in [0.4, 0.5) is 0 Å². The van der Waals surface area contributed by atoms with E-state index in [2.05, 4.69) is 32.6 Å². The summed E-state index contributed by atoms with van der Waals surface area (Å²) in [6, 6.07) is 5.37. The summed E-state index contributed by atoms with van der Waals surface area (Å²) >= 11 is 6.08. The fourth-order valence-electron chi connectivity index (χ4n) is 2.79. The van der Waals surface area contributed by atoms with Crippen LogP contribution in [0.25, 0.3) is 0 Å². The topological polar surface area (TPSA) is 32.7 Å². The van der Waals surface area contributed by atoms with Gasteiger partial charge in [0.2, 0.25) is 0 Å². The second-order valence-electron chi connectivity index (χ2n) is 5.17. The molecule has 0 fully saturated rings. The van der Waals surface area contributed by atoms with Crippen LogP contribution in [0.15, 0.2) is 18.2 Å². The van der Waals surface area contributed by atoms with E-state index in [1.807, 2.05) is 0 Å². The Morgan fingerprint density at radius 1 is 1.30 bits per heavy atom. The van der Waals surface area contributed by atoms with Gasteiger partial charge in [-0.1, -0.05) is 32.4 Å². The van der Waals surface area contributed by atoms with Crippen molar-refractivity contribution in [3.05, 3.63) is 28.8 Å². The van der Waals surface area contributed by atoms with Crippen LogP contribution in [0.1, 0.15) is 45.8 Å². The van der Waals surface area contributed by atoms with E-state index in [4.69, 9.17) is 16.3 Å². The molecule has 1 rings (SSSR count). The average Bonchev–Trinajstić information content (AvgIpc) is 2.47. The van der Waals surface area contributed by atoms with Crippen molar-refractivity contribution in [2.24, 2.45) is 0 Å². The largest absolute Gasteiger partial charge is 0.496 e. The lowest BCUT2D eigenvalue weighted by atomic mass is 9.84. The summed E-state index contributed by atoms with van der Waals surface area (Å²) in [4.78, 5) is 2.28. The molecule has 0 heterocycles. The molecule has 4 heteroatoms. The number of halogens is 1. The van der Waals surface area contributed by atoms with Crippen LogP contribution in [0.5, 0.6) is 5.75 Å². The van der Waals surface area contributed by atoms with E-state index in [0.717, 1.165) is 25.1 Å². The molecule has 3 nitrogen and oxygen atoms in total. The van der Waals surface area contributed by atoms with Crippen molar-refractivity contribution in [3.63, 3.8) is 0 Å². The van der Waals surface area contributed by atoms with Crippen LogP contribution in [-0.4, -0.2) is 35.7 Å². The lowest BCUT2D eigenvalue weighted by molar-refractivity contribution is -0.0224. The Morgan fingerprint density at radius 2 is 1.90 bits per heavy atom. The molecule has 114 valence electrons. The van der Waals surface area contributed by atoms with Gasteiger partial charge in [0, 0.05) is 16.1 Å². The van der Waals surface area contributed by atoms with Crippen molar-refractivity contribution in [2.45, 2.75) is 45.8 Å². The van der Waals surface area contributed by atoms with Gasteiger partial charge in [-0.15, -0.1) is 0 Å². The third-order valence-corrected chi connectivity index (χ3v) is 4.51. The van der Waals surface area contributed by atoms with Crippen molar-refractivity contribution < 1.29 is 9.84 Å². The summed E-state index contributed by atoms with van der Waals surface area (Å²) in [6.45, 7) is 10.2. The van der Waals surface area contributed by atoms with Gasteiger partial charge in [-0.05, 0) is 44.6 Å². The predicted octanol–water partition coefficient (Wildman–Crippen LogP) is 3.89. The molecule has 0 aliphatic rings. The van der Waals surface area contributed by atoms with E-state index in [1.54, 1.807) is 25.3 Å². The quantitative estimate of drug-likeness (QED) is 0.829. The molecule has 2 atom stereocenters. The standard InChI is InChI=1S/C16H26ClNO2/c1-6-16(4,18(7-2)8-3)15(19)13-11-12(17)9-10-14(13)20-5/h9-11,15,19H,6-8H2,1-5H3. The van der Waals surface area contributed by atoms with E-state index < -0.39 is 6.10 Å². The molecule has 0 radical (unpaired) electrons. The van der Waals surface area contributed by atoms with Crippen molar-refractivity contribution in [3.8, 4) is 5.75 Å². The summed E-state index contributed by atoms with van der Waals surface area (Å²) in [5.74, 6) is 0.675. The molecule has 1 aromatic carbocycles. The number of methoxy groups -OCH3 is 1. The zero-order valence-corrected chi connectivity index (χ0v) is 13.9. The number of rotatable bonds is 7.